The number of hydrogen-bond donors (Lipinski definition) is 0. The minimum Gasteiger partial charge on any atom is -0.309 e. The number of nitriles is 2. The lowest BCUT2D eigenvalue weighted by Crippen LogP contribution is -1.96. The molecule has 4 nitrogen and oxygen atoms in total. The Hall–Kier alpha value is -6.04. The summed E-state index contributed by atoms with van der Waals surface area (Å²) in [5.41, 5.74) is 9.59. The molecule has 0 saturated carbocycles. The summed E-state index contributed by atoms with van der Waals surface area (Å²) in [6.45, 7) is 0. The molecule has 8 rings (SSSR count). The van der Waals surface area contributed by atoms with Gasteiger partial charge in [0.25, 0.3) is 0 Å². The number of para-hydroxylation sites is 3. The van der Waals surface area contributed by atoms with Crippen LogP contribution >= 0.6 is 0 Å². The molecule has 0 aliphatic heterocycles. The lowest BCUT2D eigenvalue weighted by molar-refractivity contribution is 1.17. The molecule has 43 heavy (non-hydrogen) atoms. The second kappa shape index (κ2) is 10.1. The van der Waals surface area contributed by atoms with E-state index in [1.54, 1.807) is 0 Å². The van der Waals surface area contributed by atoms with E-state index in [9.17, 15) is 10.5 Å². The highest BCUT2D eigenvalue weighted by Gasteiger charge is 2.15. The van der Waals surface area contributed by atoms with Crippen molar-refractivity contribution in [2.75, 3.05) is 0 Å². The van der Waals surface area contributed by atoms with E-state index in [0.717, 1.165) is 44.3 Å². The number of aromatic nitrogens is 2. The van der Waals surface area contributed by atoms with Crippen molar-refractivity contribution in [1.82, 2.24) is 9.13 Å². The van der Waals surface area contributed by atoms with Gasteiger partial charge in [-0.25, -0.2) is 0 Å². The van der Waals surface area contributed by atoms with Gasteiger partial charge in [-0.3, -0.25) is 0 Å². The zero-order valence-corrected chi connectivity index (χ0v) is 23.1. The zero-order chi connectivity index (χ0) is 28.2. The molecule has 0 N–H and O–H groups in total. The maximum atomic E-state index is 10.00. The average Bonchev–Trinajstić information content (AvgIpc) is 3.57. The first-order valence-corrected chi connectivity index (χ1v) is 13.8. The predicted octanol–water partition coefficient (Wildman–Crippen LogP) is 8.91. The van der Waals surface area contributed by atoms with Crippen LogP contribution in [0.2, 0.25) is 0 Å². The predicted molar refractivity (Wildman–Crippen MR) is 176 cm³/mol. The molecule has 0 amide bonds. The van der Waals surface area contributed by atoms with E-state index in [2.05, 4.69) is 112 Å². The third-order valence-electron chi connectivity index (χ3n) is 8.15. The third kappa shape index (κ3) is 3.99. The van der Waals surface area contributed by atoms with Crippen LogP contribution in [0.5, 0.6) is 0 Å². The second-order valence-corrected chi connectivity index (χ2v) is 10.5. The summed E-state index contributed by atoms with van der Waals surface area (Å²) in [4.78, 5) is 0. The molecule has 0 aliphatic carbocycles. The molecule has 5 heteroatoms. The Labute approximate surface area is 250 Å². The van der Waals surface area contributed by atoms with Crippen LogP contribution in [0.15, 0.2) is 133 Å². The van der Waals surface area contributed by atoms with Crippen molar-refractivity contribution in [3.8, 4) is 34.6 Å². The Morgan fingerprint density at radius 1 is 0.395 bits per heavy atom. The molecule has 0 unspecified atom stereocenters. The molecule has 3 radical (unpaired) electrons. The van der Waals surface area contributed by atoms with Gasteiger partial charge in [-0.2, -0.15) is 10.5 Å². The van der Waals surface area contributed by atoms with Gasteiger partial charge in [0.1, 0.15) is 0 Å². The van der Waals surface area contributed by atoms with E-state index in [0.29, 0.717) is 11.1 Å². The number of fused-ring (bicyclic) bond motifs is 6. The highest BCUT2D eigenvalue weighted by Crippen LogP contribution is 2.36. The molecule has 6 aromatic carbocycles. The van der Waals surface area contributed by atoms with E-state index in [-0.39, 0.29) is 8.41 Å². The van der Waals surface area contributed by atoms with Crippen molar-refractivity contribution in [2.24, 2.45) is 0 Å². The quantitative estimate of drug-likeness (QED) is 0.208. The lowest BCUT2D eigenvalue weighted by atomic mass is 10.0. The highest BCUT2D eigenvalue weighted by molar-refractivity contribution is 6.10. The Morgan fingerprint density at radius 3 is 1.49 bits per heavy atom. The first kappa shape index (κ1) is 25.9. The standard InChI is InChI=1S/C38H22N4.B/c39-23-25-13-18-38-34(21-25)33-9-3-6-12-37(33)42(38)30-20-26(24-40)19-28(22-30)27-14-16-29(17-15-27)41-35-10-4-1-7-31(35)32-8-2-5-11-36(32)41;/h1-22H;. The summed E-state index contributed by atoms with van der Waals surface area (Å²) in [6, 6.07) is 50.2. The van der Waals surface area contributed by atoms with Crippen molar-refractivity contribution in [3.63, 3.8) is 0 Å². The molecule has 2 aromatic heterocycles. The van der Waals surface area contributed by atoms with Crippen LogP contribution in [0.3, 0.4) is 0 Å². The Balaban J connectivity index is 0.00000300. The average molecular weight is 545 g/mol. The molecule has 0 atom stereocenters. The lowest BCUT2D eigenvalue weighted by Gasteiger charge is -2.13. The molecule has 0 saturated heterocycles. The fourth-order valence-electron chi connectivity index (χ4n) is 6.30. The van der Waals surface area contributed by atoms with Gasteiger partial charge in [0, 0.05) is 41.3 Å². The number of benzene rings is 6. The summed E-state index contributed by atoms with van der Waals surface area (Å²) in [6.07, 6.45) is 0. The van der Waals surface area contributed by atoms with Gasteiger partial charge in [0.15, 0.2) is 0 Å². The van der Waals surface area contributed by atoms with Gasteiger partial charge in [0.2, 0.25) is 0 Å². The summed E-state index contributed by atoms with van der Waals surface area (Å²) < 4.78 is 4.49. The normalized spacial score (nSPS) is 11.0. The molecule has 2 heterocycles. The molecular formula is C38H22BN4. The van der Waals surface area contributed by atoms with E-state index in [1.807, 2.05) is 42.5 Å². The largest absolute Gasteiger partial charge is 0.309 e. The Kier molecular flexibility index (Phi) is 6.09. The zero-order valence-electron chi connectivity index (χ0n) is 23.1. The first-order valence-electron chi connectivity index (χ1n) is 13.8. The van der Waals surface area contributed by atoms with E-state index in [4.69, 9.17) is 0 Å². The molecule has 0 aliphatic rings. The third-order valence-corrected chi connectivity index (χ3v) is 8.15. The fourth-order valence-corrected chi connectivity index (χ4v) is 6.30. The van der Waals surface area contributed by atoms with Crippen LogP contribution in [0.1, 0.15) is 11.1 Å². The Bertz CT molecular complexity index is 2380. The minimum absolute atomic E-state index is 0. The van der Waals surface area contributed by atoms with Crippen molar-refractivity contribution in [1.29, 1.82) is 10.5 Å². The monoisotopic (exact) mass is 545 g/mol. The molecule has 197 valence electrons. The summed E-state index contributed by atoms with van der Waals surface area (Å²) in [7, 11) is 0. The molecule has 0 fully saturated rings. The summed E-state index contributed by atoms with van der Waals surface area (Å²) in [5, 5.41) is 24.1. The Morgan fingerprint density at radius 2 is 0.907 bits per heavy atom. The van der Waals surface area contributed by atoms with Crippen LogP contribution in [0, 0.1) is 22.7 Å². The van der Waals surface area contributed by atoms with Gasteiger partial charge < -0.3 is 9.13 Å². The van der Waals surface area contributed by atoms with Crippen molar-refractivity contribution < 1.29 is 0 Å². The number of nitrogens with zero attached hydrogens (tertiary/aromatic N) is 4. The topological polar surface area (TPSA) is 57.4 Å². The summed E-state index contributed by atoms with van der Waals surface area (Å²) in [5.74, 6) is 0. The van der Waals surface area contributed by atoms with E-state index < -0.39 is 0 Å². The SMILES string of the molecule is N#Cc1cc(-c2ccc(-n3c4ccccc4c4ccccc43)cc2)cc(-n2c3ccccc3c3cc(C#N)ccc32)c1.[B]. The molecule has 8 aromatic rings. The van der Waals surface area contributed by atoms with Crippen LogP contribution in [-0.2, 0) is 0 Å². The van der Waals surface area contributed by atoms with Gasteiger partial charge >= 0.3 is 0 Å². The van der Waals surface area contributed by atoms with Gasteiger partial charge in [0.05, 0.1) is 45.3 Å². The van der Waals surface area contributed by atoms with Gasteiger partial charge in [-0.1, -0.05) is 66.7 Å². The van der Waals surface area contributed by atoms with E-state index >= 15 is 0 Å². The van der Waals surface area contributed by atoms with Crippen LogP contribution < -0.4 is 0 Å². The summed E-state index contributed by atoms with van der Waals surface area (Å²) >= 11 is 0. The number of hydrogen-bond acceptors (Lipinski definition) is 2. The van der Waals surface area contributed by atoms with E-state index in [1.165, 1.54) is 21.8 Å². The maximum Gasteiger partial charge on any atom is 0.0992 e. The van der Waals surface area contributed by atoms with Gasteiger partial charge in [-0.15, -0.1) is 0 Å². The molecular weight excluding hydrogens is 523 g/mol. The second-order valence-electron chi connectivity index (χ2n) is 10.5. The number of rotatable bonds is 3. The van der Waals surface area contributed by atoms with Crippen LogP contribution in [0.4, 0.5) is 0 Å². The van der Waals surface area contributed by atoms with Crippen molar-refractivity contribution >= 4 is 52.0 Å². The molecule has 0 spiro atoms. The highest BCUT2D eigenvalue weighted by atomic mass is 15.0. The molecule has 0 bridgehead atoms. The maximum absolute atomic E-state index is 10.00. The first-order chi connectivity index (χ1) is 20.7. The van der Waals surface area contributed by atoms with Crippen LogP contribution in [0.25, 0.3) is 66.1 Å². The van der Waals surface area contributed by atoms with Crippen molar-refractivity contribution in [2.45, 2.75) is 0 Å². The fraction of sp³-hybridized carbons (Fsp3) is 0. The van der Waals surface area contributed by atoms with Crippen LogP contribution in [-0.4, -0.2) is 17.5 Å². The van der Waals surface area contributed by atoms with Crippen molar-refractivity contribution in [3.05, 3.63) is 145 Å². The smallest absolute Gasteiger partial charge is 0.0992 e. The van der Waals surface area contributed by atoms with Gasteiger partial charge in [-0.05, 0) is 77.9 Å². The minimum atomic E-state index is 0.